The van der Waals surface area contributed by atoms with E-state index in [0.717, 1.165) is 11.1 Å². The van der Waals surface area contributed by atoms with E-state index in [0.29, 0.717) is 11.5 Å². The summed E-state index contributed by atoms with van der Waals surface area (Å²) in [5, 5.41) is 0. The molecule has 1 aliphatic rings. The van der Waals surface area contributed by atoms with Gasteiger partial charge < -0.3 is 9.31 Å². The van der Waals surface area contributed by atoms with Crippen LogP contribution in [0.15, 0.2) is 72.3 Å². The topological polar surface area (TPSA) is 18.5 Å². The minimum absolute atomic E-state index is 0.692. The van der Waals surface area contributed by atoms with Crippen molar-refractivity contribution in [3.63, 3.8) is 0 Å². The van der Waals surface area contributed by atoms with Crippen LogP contribution in [0.2, 0.25) is 0 Å². The molecule has 1 heterocycles. The van der Waals surface area contributed by atoms with Gasteiger partial charge in [-0.05, 0) is 26.0 Å². The summed E-state index contributed by atoms with van der Waals surface area (Å²) in [6.45, 7) is 11.4. The van der Waals surface area contributed by atoms with Crippen LogP contribution < -0.4 is 0 Å². The van der Waals surface area contributed by atoms with E-state index in [4.69, 9.17) is 9.31 Å². The first-order chi connectivity index (χ1) is 8.28. The molecule has 1 rings (SSSR count). The monoisotopic (exact) mass is 227 g/mol. The van der Waals surface area contributed by atoms with Crippen LogP contribution in [0.1, 0.15) is 13.8 Å². The summed E-state index contributed by atoms with van der Waals surface area (Å²) in [6, 6.07) is 0. The predicted molar refractivity (Wildman–Crippen MR) is 72.0 cm³/mol. The van der Waals surface area contributed by atoms with Crippen LogP contribution >= 0.6 is 0 Å². The van der Waals surface area contributed by atoms with Crippen LogP contribution in [-0.4, -0.2) is 7.69 Å². The highest BCUT2D eigenvalue weighted by molar-refractivity contribution is 6.19. The lowest BCUT2D eigenvalue weighted by Crippen LogP contribution is -2.00. The molecular formula is C14H16BO2. The second kappa shape index (κ2) is 6.64. The van der Waals surface area contributed by atoms with Gasteiger partial charge in [0.1, 0.15) is 11.5 Å². The first-order valence-electron chi connectivity index (χ1n) is 5.42. The van der Waals surface area contributed by atoms with E-state index in [9.17, 15) is 0 Å². The third-order valence-electron chi connectivity index (χ3n) is 2.25. The molecule has 0 aromatic heterocycles. The highest BCUT2D eigenvalue weighted by Gasteiger charge is 2.19. The van der Waals surface area contributed by atoms with Crippen LogP contribution in [0, 0.1) is 0 Å². The number of hydrogen-bond acceptors (Lipinski definition) is 2. The SMILES string of the molecule is C=C/C=C1O[B]OC(/C=C\C)=C(C=C)C/1=C/C. The largest absolute Gasteiger partial charge is 0.658 e. The smallest absolute Gasteiger partial charge is 0.526 e. The van der Waals surface area contributed by atoms with Gasteiger partial charge in [0.05, 0.1) is 0 Å². The van der Waals surface area contributed by atoms with E-state index in [-0.39, 0.29) is 0 Å². The molecule has 0 bridgehead atoms. The third kappa shape index (κ3) is 3.03. The highest BCUT2D eigenvalue weighted by Crippen LogP contribution is 2.28. The first-order valence-corrected chi connectivity index (χ1v) is 5.42. The van der Waals surface area contributed by atoms with Gasteiger partial charge >= 0.3 is 7.69 Å². The van der Waals surface area contributed by atoms with E-state index >= 15 is 0 Å². The molecule has 0 aromatic carbocycles. The van der Waals surface area contributed by atoms with Crippen molar-refractivity contribution in [3.8, 4) is 0 Å². The second-order valence-electron chi connectivity index (χ2n) is 3.28. The Morgan fingerprint density at radius 1 is 1.18 bits per heavy atom. The van der Waals surface area contributed by atoms with Gasteiger partial charge in [-0.25, -0.2) is 0 Å². The van der Waals surface area contributed by atoms with Gasteiger partial charge in [-0.1, -0.05) is 37.5 Å². The van der Waals surface area contributed by atoms with Gasteiger partial charge in [-0.2, -0.15) is 0 Å². The van der Waals surface area contributed by atoms with Crippen molar-refractivity contribution in [1.82, 2.24) is 0 Å². The van der Waals surface area contributed by atoms with E-state index in [1.165, 1.54) is 7.69 Å². The molecule has 87 valence electrons. The maximum atomic E-state index is 5.41. The Balaban J connectivity index is 3.34. The van der Waals surface area contributed by atoms with Crippen molar-refractivity contribution in [2.45, 2.75) is 13.8 Å². The van der Waals surface area contributed by atoms with E-state index in [1.54, 1.807) is 18.2 Å². The Morgan fingerprint density at radius 2 is 1.94 bits per heavy atom. The van der Waals surface area contributed by atoms with E-state index in [1.807, 2.05) is 32.1 Å². The van der Waals surface area contributed by atoms with Gasteiger partial charge in [0, 0.05) is 11.1 Å². The molecule has 0 aliphatic carbocycles. The maximum absolute atomic E-state index is 5.41. The predicted octanol–water partition coefficient (Wildman–Crippen LogP) is 3.60. The Bertz CT molecular complexity index is 426. The van der Waals surface area contributed by atoms with E-state index < -0.39 is 0 Å². The molecule has 1 radical (unpaired) electrons. The minimum Gasteiger partial charge on any atom is -0.526 e. The molecule has 0 aromatic rings. The normalized spacial score (nSPS) is 20.8. The van der Waals surface area contributed by atoms with Gasteiger partial charge in [-0.15, -0.1) is 0 Å². The Labute approximate surface area is 104 Å². The summed E-state index contributed by atoms with van der Waals surface area (Å²) in [5.74, 6) is 1.40. The molecule has 1 aliphatic heterocycles. The summed E-state index contributed by atoms with van der Waals surface area (Å²) in [5.41, 5.74) is 1.83. The van der Waals surface area contributed by atoms with Crippen molar-refractivity contribution in [3.05, 3.63) is 72.3 Å². The maximum Gasteiger partial charge on any atom is 0.658 e. The lowest BCUT2D eigenvalue weighted by Gasteiger charge is -2.09. The molecule has 0 saturated carbocycles. The molecule has 0 amide bonds. The van der Waals surface area contributed by atoms with Crippen molar-refractivity contribution in [2.75, 3.05) is 0 Å². The minimum atomic E-state index is 0.692. The molecule has 2 nitrogen and oxygen atoms in total. The Morgan fingerprint density at radius 3 is 2.47 bits per heavy atom. The summed E-state index contributed by atoms with van der Waals surface area (Å²) < 4.78 is 10.8. The fraction of sp³-hybridized carbons (Fsp3) is 0.143. The lowest BCUT2D eigenvalue weighted by atomic mass is 10.0. The van der Waals surface area contributed by atoms with E-state index in [2.05, 4.69) is 13.2 Å². The molecule has 0 atom stereocenters. The standard InChI is InChI=1S/C14H16BO2/c1-5-9-13-11(7-3)12(8-4)14(10-6-2)17-15-16-13/h5-10H,1,4H2,2-3H3/b10-6-,11-7-,13-9+. The van der Waals surface area contributed by atoms with Crippen molar-refractivity contribution >= 4 is 7.69 Å². The zero-order valence-electron chi connectivity index (χ0n) is 10.3. The second-order valence-corrected chi connectivity index (χ2v) is 3.28. The van der Waals surface area contributed by atoms with Crippen LogP contribution in [0.3, 0.4) is 0 Å². The quantitative estimate of drug-likeness (QED) is 0.685. The average Bonchev–Trinajstić information content (AvgIpc) is 2.49. The number of rotatable bonds is 3. The van der Waals surface area contributed by atoms with Gasteiger partial charge in [0.2, 0.25) is 0 Å². The average molecular weight is 227 g/mol. The van der Waals surface area contributed by atoms with Crippen LogP contribution in [0.4, 0.5) is 0 Å². The molecule has 17 heavy (non-hydrogen) atoms. The Hall–Kier alpha value is -1.90. The molecule has 0 fully saturated rings. The molecule has 0 saturated heterocycles. The van der Waals surface area contributed by atoms with Crippen molar-refractivity contribution < 1.29 is 9.31 Å². The zero-order valence-corrected chi connectivity index (χ0v) is 10.3. The van der Waals surface area contributed by atoms with Crippen LogP contribution in [0.25, 0.3) is 0 Å². The number of hydrogen-bond donors (Lipinski definition) is 0. The molecule has 3 heteroatoms. The molecule has 0 unspecified atom stereocenters. The highest BCUT2D eigenvalue weighted by atomic mass is 16.6. The number of allylic oxidation sites excluding steroid dienone is 7. The fourth-order valence-corrected chi connectivity index (χ4v) is 1.54. The summed E-state index contributed by atoms with van der Waals surface area (Å²) in [6.07, 6.45) is 11.0. The van der Waals surface area contributed by atoms with Crippen molar-refractivity contribution in [2.24, 2.45) is 0 Å². The Kier molecular flexibility index (Phi) is 5.14. The van der Waals surface area contributed by atoms with Gasteiger partial charge in [0.15, 0.2) is 0 Å². The summed E-state index contributed by atoms with van der Waals surface area (Å²) in [7, 11) is 1.31. The molecule has 0 spiro atoms. The molecular weight excluding hydrogens is 211 g/mol. The van der Waals surface area contributed by atoms with Crippen LogP contribution in [-0.2, 0) is 9.31 Å². The summed E-state index contributed by atoms with van der Waals surface area (Å²) in [4.78, 5) is 0. The van der Waals surface area contributed by atoms with Crippen molar-refractivity contribution in [1.29, 1.82) is 0 Å². The molecule has 0 N–H and O–H groups in total. The van der Waals surface area contributed by atoms with Crippen LogP contribution in [0.5, 0.6) is 0 Å². The fourth-order valence-electron chi connectivity index (χ4n) is 1.54. The van der Waals surface area contributed by atoms with Gasteiger partial charge in [0.25, 0.3) is 0 Å². The first kappa shape index (κ1) is 13.2. The zero-order chi connectivity index (χ0) is 12.7. The summed E-state index contributed by atoms with van der Waals surface area (Å²) >= 11 is 0. The van der Waals surface area contributed by atoms with Gasteiger partial charge in [-0.3, -0.25) is 0 Å². The lowest BCUT2D eigenvalue weighted by molar-refractivity contribution is 0.348. The third-order valence-corrected chi connectivity index (χ3v) is 2.25.